The SMILES string of the molecule is C[C@@H](NS(=O)(=O)CC#N)c1ccccc1Oc1ccccc1. The average Bonchev–Trinajstić information content (AvgIpc) is 2.48. The lowest BCUT2D eigenvalue weighted by Crippen LogP contribution is -2.28. The first-order valence-corrected chi connectivity index (χ1v) is 8.36. The van der Waals surface area contributed by atoms with Gasteiger partial charge in [-0.05, 0) is 25.1 Å². The van der Waals surface area contributed by atoms with Crippen molar-refractivity contribution in [3.63, 3.8) is 0 Å². The number of rotatable bonds is 6. The van der Waals surface area contributed by atoms with E-state index < -0.39 is 21.8 Å². The molecule has 0 unspecified atom stereocenters. The monoisotopic (exact) mass is 316 g/mol. The van der Waals surface area contributed by atoms with Gasteiger partial charge in [-0.25, -0.2) is 13.1 Å². The number of hydrogen-bond acceptors (Lipinski definition) is 4. The Labute approximate surface area is 130 Å². The standard InChI is InChI=1S/C16H16N2O3S/c1-13(18-22(19,20)12-11-17)15-9-5-6-10-16(15)21-14-7-3-2-4-8-14/h2-10,13,18H,12H2,1H3/t13-/m1/s1. The third kappa shape index (κ3) is 4.32. The molecule has 0 aliphatic carbocycles. The zero-order valence-electron chi connectivity index (χ0n) is 12.1. The van der Waals surface area contributed by atoms with E-state index in [1.54, 1.807) is 25.1 Å². The van der Waals surface area contributed by atoms with Crippen molar-refractivity contribution in [2.75, 3.05) is 5.75 Å². The van der Waals surface area contributed by atoms with Gasteiger partial charge in [0.1, 0.15) is 11.5 Å². The molecule has 0 heterocycles. The van der Waals surface area contributed by atoms with Gasteiger partial charge in [0.25, 0.3) is 0 Å². The molecule has 0 saturated carbocycles. The lowest BCUT2D eigenvalue weighted by molar-refractivity contribution is 0.469. The van der Waals surface area contributed by atoms with Crippen molar-refractivity contribution < 1.29 is 13.2 Å². The van der Waals surface area contributed by atoms with Crippen LogP contribution in [0.2, 0.25) is 0 Å². The summed E-state index contributed by atoms with van der Waals surface area (Å²) >= 11 is 0. The molecule has 1 N–H and O–H groups in total. The van der Waals surface area contributed by atoms with E-state index in [0.29, 0.717) is 17.1 Å². The maximum Gasteiger partial charge on any atom is 0.225 e. The zero-order chi connectivity index (χ0) is 16.0. The summed E-state index contributed by atoms with van der Waals surface area (Å²) in [5.41, 5.74) is 0.702. The predicted octanol–water partition coefficient (Wildman–Crippen LogP) is 2.98. The molecule has 0 spiro atoms. The van der Waals surface area contributed by atoms with E-state index in [9.17, 15) is 8.42 Å². The van der Waals surface area contributed by atoms with Crippen LogP contribution in [0.1, 0.15) is 18.5 Å². The number of para-hydroxylation sites is 2. The maximum atomic E-state index is 11.7. The lowest BCUT2D eigenvalue weighted by Gasteiger charge is -2.17. The molecule has 2 aromatic carbocycles. The zero-order valence-corrected chi connectivity index (χ0v) is 12.9. The fourth-order valence-corrected chi connectivity index (χ4v) is 2.93. The highest BCUT2D eigenvalue weighted by Gasteiger charge is 2.18. The van der Waals surface area contributed by atoms with E-state index in [-0.39, 0.29) is 0 Å². The minimum absolute atomic E-state index is 0.502. The van der Waals surface area contributed by atoms with E-state index >= 15 is 0 Å². The highest BCUT2D eigenvalue weighted by Crippen LogP contribution is 2.29. The van der Waals surface area contributed by atoms with Crippen molar-refractivity contribution in [2.24, 2.45) is 0 Å². The molecule has 22 heavy (non-hydrogen) atoms. The van der Waals surface area contributed by atoms with Crippen molar-refractivity contribution in [2.45, 2.75) is 13.0 Å². The topological polar surface area (TPSA) is 79.2 Å². The molecule has 0 aliphatic rings. The van der Waals surface area contributed by atoms with Crippen LogP contribution in [0, 0.1) is 11.3 Å². The molecular weight excluding hydrogens is 300 g/mol. The Morgan fingerprint density at radius 3 is 2.45 bits per heavy atom. The Morgan fingerprint density at radius 1 is 1.14 bits per heavy atom. The first-order chi connectivity index (χ1) is 10.5. The highest BCUT2D eigenvalue weighted by atomic mass is 32.2. The lowest BCUT2D eigenvalue weighted by atomic mass is 10.1. The van der Waals surface area contributed by atoms with Gasteiger partial charge in [0.05, 0.1) is 6.07 Å². The summed E-state index contributed by atoms with van der Waals surface area (Å²) < 4.78 is 31.7. The number of nitrogens with one attached hydrogen (secondary N) is 1. The van der Waals surface area contributed by atoms with Crippen molar-refractivity contribution >= 4 is 10.0 Å². The smallest absolute Gasteiger partial charge is 0.225 e. The second-order valence-electron chi connectivity index (χ2n) is 4.71. The molecule has 2 aromatic rings. The molecule has 0 fully saturated rings. The summed E-state index contributed by atoms with van der Waals surface area (Å²) in [6, 6.07) is 17.6. The van der Waals surface area contributed by atoms with Crippen LogP contribution in [0.15, 0.2) is 54.6 Å². The van der Waals surface area contributed by atoms with Crippen LogP contribution < -0.4 is 9.46 Å². The third-order valence-corrected chi connectivity index (χ3v) is 4.19. The first-order valence-electron chi connectivity index (χ1n) is 6.70. The minimum Gasteiger partial charge on any atom is -0.457 e. The van der Waals surface area contributed by atoms with E-state index in [2.05, 4.69) is 4.72 Å². The number of sulfonamides is 1. The molecule has 0 amide bonds. The van der Waals surface area contributed by atoms with E-state index in [4.69, 9.17) is 10.00 Å². The summed E-state index contributed by atoms with van der Waals surface area (Å²) in [5.74, 6) is 0.668. The summed E-state index contributed by atoms with van der Waals surface area (Å²) in [6.45, 7) is 1.71. The van der Waals surface area contributed by atoms with Crippen LogP contribution in [0.5, 0.6) is 11.5 Å². The number of nitriles is 1. The fourth-order valence-electron chi connectivity index (χ4n) is 2.01. The molecule has 0 radical (unpaired) electrons. The van der Waals surface area contributed by atoms with Crippen molar-refractivity contribution in [1.29, 1.82) is 5.26 Å². The second-order valence-corrected chi connectivity index (χ2v) is 6.46. The van der Waals surface area contributed by atoms with E-state index in [1.165, 1.54) is 0 Å². The molecular formula is C16H16N2O3S. The van der Waals surface area contributed by atoms with Gasteiger partial charge in [0, 0.05) is 11.6 Å². The molecule has 0 bridgehead atoms. The Balaban J connectivity index is 2.23. The highest BCUT2D eigenvalue weighted by molar-refractivity contribution is 7.89. The van der Waals surface area contributed by atoms with Crippen LogP contribution in [-0.4, -0.2) is 14.2 Å². The molecule has 0 saturated heterocycles. The minimum atomic E-state index is -3.64. The van der Waals surface area contributed by atoms with Gasteiger partial charge in [-0.2, -0.15) is 5.26 Å². The number of ether oxygens (including phenoxy) is 1. The number of nitrogens with zero attached hydrogens (tertiary/aromatic N) is 1. The predicted molar refractivity (Wildman–Crippen MR) is 83.9 cm³/mol. The number of benzene rings is 2. The Hall–Kier alpha value is -2.36. The number of hydrogen-bond donors (Lipinski definition) is 1. The van der Waals surface area contributed by atoms with Gasteiger partial charge in [-0.15, -0.1) is 0 Å². The van der Waals surface area contributed by atoms with Crippen LogP contribution >= 0.6 is 0 Å². The normalized spacial score (nSPS) is 12.4. The van der Waals surface area contributed by atoms with E-state index in [1.807, 2.05) is 42.5 Å². The molecule has 0 aromatic heterocycles. The fraction of sp³-hybridized carbons (Fsp3) is 0.188. The van der Waals surface area contributed by atoms with Gasteiger partial charge < -0.3 is 4.74 Å². The van der Waals surface area contributed by atoms with Gasteiger partial charge in [0.15, 0.2) is 5.75 Å². The molecule has 1 atom stereocenters. The molecule has 5 nitrogen and oxygen atoms in total. The van der Waals surface area contributed by atoms with Gasteiger partial charge >= 0.3 is 0 Å². The Morgan fingerprint density at radius 2 is 1.77 bits per heavy atom. The molecule has 2 rings (SSSR count). The van der Waals surface area contributed by atoms with Crippen LogP contribution in [0.3, 0.4) is 0 Å². The van der Waals surface area contributed by atoms with E-state index in [0.717, 1.165) is 0 Å². The molecule has 6 heteroatoms. The van der Waals surface area contributed by atoms with Crippen LogP contribution in [-0.2, 0) is 10.0 Å². The van der Waals surface area contributed by atoms with Crippen molar-refractivity contribution in [3.8, 4) is 17.6 Å². The summed E-state index contributed by atoms with van der Waals surface area (Å²) in [6.07, 6.45) is 0. The largest absolute Gasteiger partial charge is 0.457 e. The molecule has 114 valence electrons. The van der Waals surface area contributed by atoms with Gasteiger partial charge in [-0.1, -0.05) is 36.4 Å². The first kappa shape index (κ1) is 16.0. The van der Waals surface area contributed by atoms with Crippen molar-refractivity contribution in [1.82, 2.24) is 4.72 Å². The summed E-state index contributed by atoms with van der Waals surface area (Å²) in [4.78, 5) is 0. The Bertz CT molecular complexity index is 767. The Kier molecular flexibility index (Phi) is 5.15. The quantitative estimate of drug-likeness (QED) is 0.888. The second kappa shape index (κ2) is 7.07. The summed E-state index contributed by atoms with van der Waals surface area (Å²) in [5, 5.41) is 8.54. The van der Waals surface area contributed by atoms with Gasteiger partial charge in [0.2, 0.25) is 10.0 Å². The van der Waals surface area contributed by atoms with Crippen LogP contribution in [0.25, 0.3) is 0 Å². The van der Waals surface area contributed by atoms with Crippen molar-refractivity contribution in [3.05, 3.63) is 60.2 Å². The maximum absolute atomic E-state index is 11.7. The molecule has 0 aliphatic heterocycles. The summed E-state index contributed by atoms with van der Waals surface area (Å²) in [7, 11) is -3.64. The third-order valence-electron chi connectivity index (χ3n) is 2.97. The van der Waals surface area contributed by atoms with Gasteiger partial charge in [-0.3, -0.25) is 0 Å². The van der Waals surface area contributed by atoms with Crippen LogP contribution in [0.4, 0.5) is 0 Å². The average molecular weight is 316 g/mol.